The minimum absolute atomic E-state index is 0.0277. The molecule has 0 aliphatic carbocycles. The number of amides is 1. The molecule has 1 aliphatic rings. The summed E-state index contributed by atoms with van der Waals surface area (Å²) in [6.07, 6.45) is -1.37. The summed E-state index contributed by atoms with van der Waals surface area (Å²) in [6.45, 7) is 0. The maximum Gasteiger partial charge on any atom is 0.416 e. The quantitative estimate of drug-likeness (QED) is 0.377. The smallest absolute Gasteiger partial charge is 0.325 e. The second-order valence-electron chi connectivity index (χ2n) is 5.01. The van der Waals surface area contributed by atoms with E-state index in [0.29, 0.717) is 10.2 Å². The number of Topliss-reactive ketones (excluding diaryl/α,β-unsaturated/α-hetero) is 1. The van der Waals surface area contributed by atoms with Gasteiger partial charge in [-0.1, -0.05) is 29.6 Å². The van der Waals surface area contributed by atoms with E-state index in [9.17, 15) is 22.8 Å². The summed E-state index contributed by atoms with van der Waals surface area (Å²) < 4.78 is 38.2. The van der Waals surface area contributed by atoms with Gasteiger partial charge in [0.1, 0.15) is 5.03 Å². The predicted octanol–water partition coefficient (Wildman–Crippen LogP) is 3.51. The van der Waals surface area contributed by atoms with Crippen molar-refractivity contribution in [3.8, 4) is 0 Å². The number of fused-ring (bicyclic) bond motifs is 1. The van der Waals surface area contributed by atoms with E-state index in [0.717, 1.165) is 23.9 Å². The molecule has 1 aromatic heterocycles. The van der Waals surface area contributed by atoms with E-state index in [-0.39, 0.29) is 11.3 Å². The number of alkyl halides is 3. The first kappa shape index (κ1) is 17.7. The maximum atomic E-state index is 12.7. The number of halogens is 3. The van der Waals surface area contributed by atoms with Crippen LogP contribution in [0.15, 0.2) is 40.6 Å². The SMILES string of the molecule is CSc1ncc2c(n1)S[C@@H](C(=O)Nc1cccc(C(F)(F)F)c1)C2=O. The van der Waals surface area contributed by atoms with Crippen LogP contribution in [0, 0.1) is 0 Å². The van der Waals surface area contributed by atoms with Crippen molar-refractivity contribution in [1.29, 1.82) is 0 Å². The van der Waals surface area contributed by atoms with Crippen LogP contribution in [-0.2, 0) is 11.0 Å². The van der Waals surface area contributed by atoms with Crippen molar-refractivity contribution in [3.63, 3.8) is 0 Å². The van der Waals surface area contributed by atoms with E-state index in [2.05, 4.69) is 15.3 Å². The van der Waals surface area contributed by atoms with E-state index in [4.69, 9.17) is 0 Å². The molecule has 0 saturated heterocycles. The second kappa shape index (κ2) is 6.68. The molecule has 1 amide bonds. The molecule has 0 saturated carbocycles. The summed E-state index contributed by atoms with van der Waals surface area (Å²) in [7, 11) is 0. The van der Waals surface area contributed by atoms with Crippen molar-refractivity contribution < 1.29 is 22.8 Å². The van der Waals surface area contributed by atoms with Crippen LogP contribution in [0.5, 0.6) is 0 Å². The van der Waals surface area contributed by atoms with Gasteiger partial charge in [-0.05, 0) is 24.5 Å². The highest BCUT2D eigenvalue weighted by atomic mass is 32.2. The Bertz CT molecular complexity index is 858. The summed E-state index contributed by atoms with van der Waals surface area (Å²) in [4.78, 5) is 32.8. The number of rotatable bonds is 3. The third kappa shape index (κ3) is 3.64. The lowest BCUT2D eigenvalue weighted by molar-refractivity contribution is -0.137. The first-order chi connectivity index (χ1) is 11.8. The molecular weight excluding hydrogens is 375 g/mol. The third-order valence-electron chi connectivity index (χ3n) is 3.34. The second-order valence-corrected chi connectivity index (χ2v) is 6.87. The van der Waals surface area contributed by atoms with Gasteiger partial charge in [0.05, 0.1) is 11.1 Å². The van der Waals surface area contributed by atoms with E-state index < -0.39 is 28.7 Å². The first-order valence-corrected chi connectivity index (χ1v) is 9.00. The number of hydrogen-bond acceptors (Lipinski definition) is 6. The molecule has 25 heavy (non-hydrogen) atoms. The van der Waals surface area contributed by atoms with Crippen molar-refractivity contribution in [2.75, 3.05) is 11.6 Å². The Morgan fingerprint density at radius 3 is 2.80 bits per heavy atom. The number of thioether (sulfide) groups is 2. The van der Waals surface area contributed by atoms with Crippen molar-refractivity contribution in [1.82, 2.24) is 9.97 Å². The number of hydrogen-bond donors (Lipinski definition) is 1. The zero-order valence-electron chi connectivity index (χ0n) is 12.6. The van der Waals surface area contributed by atoms with Gasteiger partial charge in [-0.15, -0.1) is 0 Å². The van der Waals surface area contributed by atoms with E-state index in [1.807, 2.05) is 0 Å². The summed E-state index contributed by atoms with van der Waals surface area (Å²) in [6, 6.07) is 4.24. The van der Waals surface area contributed by atoms with Crippen LogP contribution in [0.4, 0.5) is 18.9 Å². The molecule has 2 aromatic rings. The van der Waals surface area contributed by atoms with Crippen LogP contribution in [0.25, 0.3) is 0 Å². The molecule has 3 rings (SSSR count). The fraction of sp³-hybridized carbons (Fsp3) is 0.200. The van der Waals surface area contributed by atoms with Crippen LogP contribution >= 0.6 is 23.5 Å². The van der Waals surface area contributed by atoms with Gasteiger partial charge in [-0.3, -0.25) is 9.59 Å². The molecule has 0 spiro atoms. The highest BCUT2D eigenvalue weighted by Gasteiger charge is 2.38. The van der Waals surface area contributed by atoms with Gasteiger partial charge < -0.3 is 5.32 Å². The van der Waals surface area contributed by atoms with Crippen LogP contribution in [-0.4, -0.2) is 33.2 Å². The number of nitrogens with one attached hydrogen (secondary N) is 1. The Hall–Kier alpha value is -2.07. The Balaban J connectivity index is 1.78. The molecule has 2 heterocycles. The highest BCUT2D eigenvalue weighted by Crippen LogP contribution is 2.37. The van der Waals surface area contributed by atoms with Crippen LogP contribution in [0.1, 0.15) is 15.9 Å². The molecule has 1 N–H and O–H groups in total. The molecule has 1 atom stereocenters. The van der Waals surface area contributed by atoms with Crippen molar-refractivity contribution >= 4 is 40.9 Å². The number of anilines is 1. The maximum absolute atomic E-state index is 12.7. The fourth-order valence-electron chi connectivity index (χ4n) is 2.17. The molecule has 0 unspecified atom stereocenters. The Labute approximate surface area is 148 Å². The molecule has 0 bridgehead atoms. The third-order valence-corrected chi connectivity index (χ3v) is 5.10. The van der Waals surface area contributed by atoms with Gasteiger partial charge in [0, 0.05) is 11.9 Å². The number of ketones is 1. The van der Waals surface area contributed by atoms with Crippen molar-refractivity contribution in [2.24, 2.45) is 0 Å². The summed E-state index contributed by atoms with van der Waals surface area (Å²) in [5.41, 5.74) is -0.665. The lowest BCUT2D eigenvalue weighted by Crippen LogP contribution is -2.29. The van der Waals surface area contributed by atoms with Gasteiger partial charge in [0.15, 0.2) is 16.2 Å². The molecule has 1 aliphatic heterocycles. The highest BCUT2D eigenvalue weighted by molar-refractivity contribution is 8.02. The number of benzene rings is 1. The first-order valence-electron chi connectivity index (χ1n) is 6.89. The monoisotopic (exact) mass is 385 g/mol. The normalized spacial score (nSPS) is 16.6. The van der Waals surface area contributed by atoms with E-state index >= 15 is 0 Å². The lowest BCUT2D eigenvalue weighted by atomic mass is 10.1. The summed E-state index contributed by atoms with van der Waals surface area (Å²) in [5, 5.41) is 2.12. The molecule has 5 nitrogen and oxygen atoms in total. The van der Waals surface area contributed by atoms with Gasteiger partial charge in [-0.25, -0.2) is 9.97 Å². The number of carbonyl (C=O) groups is 2. The Morgan fingerprint density at radius 1 is 1.36 bits per heavy atom. The number of aromatic nitrogens is 2. The minimum atomic E-state index is -4.52. The minimum Gasteiger partial charge on any atom is -0.325 e. The van der Waals surface area contributed by atoms with Crippen LogP contribution in [0.2, 0.25) is 0 Å². The van der Waals surface area contributed by atoms with Gasteiger partial charge >= 0.3 is 6.18 Å². The summed E-state index contributed by atoms with van der Waals surface area (Å²) >= 11 is 2.26. The largest absolute Gasteiger partial charge is 0.416 e. The Kier molecular flexibility index (Phi) is 4.74. The van der Waals surface area contributed by atoms with Gasteiger partial charge in [-0.2, -0.15) is 13.2 Å². The average Bonchev–Trinajstić information content (AvgIpc) is 2.90. The van der Waals surface area contributed by atoms with Crippen LogP contribution < -0.4 is 5.32 Å². The molecule has 0 fully saturated rings. The number of carbonyl (C=O) groups excluding carboxylic acids is 2. The van der Waals surface area contributed by atoms with Gasteiger partial charge in [0.2, 0.25) is 5.91 Å². The van der Waals surface area contributed by atoms with Crippen molar-refractivity contribution in [2.45, 2.75) is 21.6 Å². The molecule has 10 heteroatoms. The topological polar surface area (TPSA) is 72.0 Å². The lowest BCUT2D eigenvalue weighted by Gasteiger charge is -2.11. The zero-order valence-corrected chi connectivity index (χ0v) is 14.3. The number of nitrogens with zero attached hydrogens (tertiary/aromatic N) is 2. The average molecular weight is 385 g/mol. The Morgan fingerprint density at radius 2 is 2.12 bits per heavy atom. The molecular formula is C15H10F3N3O2S2. The van der Waals surface area contributed by atoms with Crippen LogP contribution in [0.3, 0.4) is 0 Å². The van der Waals surface area contributed by atoms with Crippen molar-refractivity contribution in [3.05, 3.63) is 41.6 Å². The molecule has 1 aromatic carbocycles. The predicted molar refractivity (Wildman–Crippen MR) is 87.9 cm³/mol. The van der Waals surface area contributed by atoms with E-state index in [1.165, 1.54) is 30.1 Å². The molecule has 0 radical (unpaired) electrons. The van der Waals surface area contributed by atoms with E-state index in [1.54, 1.807) is 6.26 Å². The standard InChI is InChI=1S/C15H10F3N3O2S2/c1-24-14-19-6-9-10(22)11(25-13(9)21-14)12(23)20-8-4-2-3-7(5-8)15(16,17)18/h2-6,11H,1H3,(H,20,23)/t11-/m1/s1. The van der Waals surface area contributed by atoms with Gasteiger partial charge in [0.25, 0.3) is 0 Å². The summed E-state index contributed by atoms with van der Waals surface area (Å²) in [5.74, 6) is -1.16. The molecule has 130 valence electrons. The zero-order chi connectivity index (χ0) is 18.2. The fourth-order valence-corrected chi connectivity index (χ4v) is 3.61.